The fourth-order valence-corrected chi connectivity index (χ4v) is 2.74. The molecule has 1 heterocycles. The molecule has 0 aliphatic carbocycles. The number of rotatable bonds is 7. The molecule has 0 unspecified atom stereocenters. The van der Waals surface area contributed by atoms with E-state index < -0.39 is 9.84 Å². The van der Waals surface area contributed by atoms with Crippen molar-refractivity contribution in [2.45, 2.75) is 37.9 Å². The molecule has 6 heteroatoms. The van der Waals surface area contributed by atoms with Crippen molar-refractivity contribution >= 4 is 9.84 Å². The zero-order valence-electron chi connectivity index (χ0n) is 12.4. The van der Waals surface area contributed by atoms with Gasteiger partial charge in [0, 0.05) is 32.1 Å². The van der Waals surface area contributed by atoms with Crippen molar-refractivity contribution < 1.29 is 8.42 Å². The van der Waals surface area contributed by atoms with E-state index in [9.17, 15) is 8.42 Å². The smallest absolute Gasteiger partial charge is 0.175 e. The molecule has 0 spiro atoms. The van der Waals surface area contributed by atoms with E-state index in [-0.39, 0.29) is 0 Å². The monoisotopic (exact) mass is 307 g/mol. The standard InChI is InChI=1S/C15H21N3O2S/c1-3-10-18-14(8-9-17-18)12-16-11-13-4-6-15(7-5-13)21(2,19)20/h4-9,16H,3,10-12H2,1-2H3. The van der Waals surface area contributed by atoms with Gasteiger partial charge in [0.05, 0.1) is 10.6 Å². The van der Waals surface area contributed by atoms with Crippen LogP contribution < -0.4 is 5.32 Å². The molecule has 0 fully saturated rings. The van der Waals surface area contributed by atoms with Crippen LogP contribution in [-0.2, 0) is 29.5 Å². The van der Waals surface area contributed by atoms with Crippen LogP contribution in [0.3, 0.4) is 0 Å². The maximum absolute atomic E-state index is 11.4. The number of nitrogens with one attached hydrogen (secondary N) is 1. The Morgan fingerprint density at radius 3 is 2.48 bits per heavy atom. The lowest BCUT2D eigenvalue weighted by atomic mass is 10.2. The molecule has 0 bridgehead atoms. The highest BCUT2D eigenvalue weighted by Crippen LogP contribution is 2.10. The van der Waals surface area contributed by atoms with Crippen LogP contribution in [0.4, 0.5) is 0 Å². The van der Waals surface area contributed by atoms with Crippen LogP contribution in [0.2, 0.25) is 0 Å². The van der Waals surface area contributed by atoms with Gasteiger partial charge >= 0.3 is 0 Å². The highest BCUT2D eigenvalue weighted by atomic mass is 32.2. The first-order chi connectivity index (χ1) is 10.0. The summed E-state index contributed by atoms with van der Waals surface area (Å²) in [5.74, 6) is 0. The first-order valence-corrected chi connectivity index (χ1v) is 8.90. The summed E-state index contributed by atoms with van der Waals surface area (Å²) >= 11 is 0. The van der Waals surface area contributed by atoms with E-state index in [4.69, 9.17) is 0 Å². The van der Waals surface area contributed by atoms with E-state index >= 15 is 0 Å². The topological polar surface area (TPSA) is 64.0 Å². The van der Waals surface area contributed by atoms with Gasteiger partial charge in [0.25, 0.3) is 0 Å². The van der Waals surface area contributed by atoms with Crippen molar-refractivity contribution in [2.75, 3.05) is 6.26 Å². The average Bonchev–Trinajstić information content (AvgIpc) is 2.86. The van der Waals surface area contributed by atoms with Crippen LogP contribution in [0.25, 0.3) is 0 Å². The molecule has 0 aliphatic heterocycles. The predicted octanol–water partition coefficient (Wildman–Crippen LogP) is 1.99. The van der Waals surface area contributed by atoms with Crippen LogP contribution in [0.5, 0.6) is 0 Å². The molecule has 5 nitrogen and oxygen atoms in total. The fourth-order valence-electron chi connectivity index (χ4n) is 2.11. The lowest BCUT2D eigenvalue weighted by molar-refractivity contribution is 0.549. The first kappa shape index (κ1) is 15.7. The average molecular weight is 307 g/mol. The van der Waals surface area contributed by atoms with Gasteiger partial charge in [-0.3, -0.25) is 4.68 Å². The summed E-state index contributed by atoms with van der Waals surface area (Å²) in [7, 11) is -3.12. The molecule has 114 valence electrons. The Bertz CT molecular complexity index is 675. The van der Waals surface area contributed by atoms with Crippen molar-refractivity contribution in [3.63, 3.8) is 0 Å². The maximum Gasteiger partial charge on any atom is 0.175 e. The molecule has 0 saturated carbocycles. The van der Waals surface area contributed by atoms with Crippen LogP contribution in [0, 0.1) is 0 Å². The molecule has 1 N–H and O–H groups in total. The highest BCUT2D eigenvalue weighted by molar-refractivity contribution is 7.90. The second-order valence-corrected chi connectivity index (χ2v) is 7.08. The molecule has 2 rings (SSSR count). The Morgan fingerprint density at radius 1 is 1.14 bits per heavy atom. The lowest BCUT2D eigenvalue weighted by Gasteiger charge is -2.08. The molecule has 0 saturated heterocycles. The van der Waals surface area contributed by atoms with Crippen LogP contribution in [0.15, 0.2) is 41.4 Å². The maximum atomic E-state index is 11.4. The van der Waals surface area contributed by atoms with E-state index in [0.717, 1.165) is 30.8 Å². The molecular formula is C15H21N3O2S. The third-order valence-corrected chi connectivity index (χ3v) is 4.36. The van der Waals surface area contributed by atoms with Gasteiger partial charge in [0.15, 0.2) is 9.84 Å². The second-order valence-electron chi connectivity index (χ2n) is 5.07. The second kappa shape index (κ2) is 6.87. The van der Waals surface area contributed by atoms with Gasteiger partial charge in [0.1, 0.15) is 0 Å². The van der Waals surface area contributed by atoms with E-state index in [1.165, 1.54) is 6.26 Å². The molecule has 21 heavy (non-hydrogen) atoms. The minimum atomic E-state index is -3.12. The van der Waals surface area contributed by atoms with Gasteiger partial charge in [-0.2, -0.15) is 5.10 Å². The fraction of sp³-hybridized carbons (Fsp3) is 0.400. The van der Waals surface area contributed by atoms with Crippen molar-refractivity contribution in [3.05, 3.63) is 47.8 Å². The SMILES string of the molecule is CCCn1nccc1CNCc1ccc(S(C)(=O)=O)cc1. The molecule has 1 aromatic carbocycles. The molecule has 0 aliphatic rings. The summed E-state index contributed by atoms with van der Waals surface area (Å²) in [6.07, 6.45) is 4.09. The Labute approximate surface area is 125 Å². The predicted molar refractivity (Wildman–Crippen MR) is 82.6 cm³/mol. The summed E-state index contributed by atoms with van der Waals surface area (Å²) in [6.45, 7) is 4.49. The first-order valence-electron chi connectivity index (χ1n) is 7.01. The van der Waals surface area contributed by atoms with Crippen molar-refractivity contribution in [3.8, 4) is 0 Å². The van der Waals surface area contributed by atoms with E-state index in [1.807, 2.05) is 29.1 Å². The largest absolute Gasteiger partial charge is 0.307 e. The summed E-state index contributed by atoms with van der Waals surface area (Å²) in [5.41, 5.74) is 2.22. The summed E-state index contributed by atoms with van der Waals surface area (Å²) in [6, 6.07) is 8.98. The number of nitrogens with zero attached hydrogens (tertiary/aromatic N) is 2. The van der Waals surface area contributed by atoms with Gasteiger partial charge in [0.2, 0.25) is 0 Å². The lowest BCUT2D eigenvalue weighted by Crippen LogP contribution is -2.16. The van der Waals surface area contributed by atoms with Crippen LogP contribution in [0.1, 0.15) is 24.6 Å². The molecule has 0 atom stereocenters. The van der Waals surface area contributed by atoms with Crippen molar-refractivity contribution in [1.82, 2.24) is 15.1 Å². The highest BCUT2D eigenvalue weighted by Gasteiger charge is 2.06. The number of sulfone groups is 1. The summed E-state index contributed by atoms with van der Waals surface area (Å²) < 4.78 is 24.8. The van der Waals surface area contributed by atoms with Gasteiger partial charge < -0.3 is 5.32 Å². The Morgan fingerprint density at radius 2 is 1.86 bits per heavy atom. The Hall–Kier alpha value is -1.66. The van der Waals surface area contributed by atoms with Gasteiger partial charge in [-0.25, -0.2) is 8.42 Å². The van der Waals surface area contributed by atoms with Crippen LogP contribution in [-0.4, -0.2) is 24.5 Å². The Kier molecular flexibility index (Phi) is 5.14. The minimum absolute atomic E-state index is 0.354. The third kappa shape index (κ3) is 4.41. The van der Waals surface area contributed by atoms with Gasteiger partial charge in [-0.15, -0.1) is 0 Å². The molecule has 0 radical (unpaired) electrons. The zero-order chi connectivity index (χ0) is 15.3. The van der Waals surface area contributed by atoms with Gasteiger partial charge in [-0.05, 0) is 30.2 Å². The zero-order valence-corrected chi connectivity index (χ0v) is 13.2. The van der Waals surface area contributed by atoms with Crippen LogP contribution >= 0.6 is 0 Å². The van der Waals surface area contributed by atoms with E-state index in [2.05, 4.69) is 17.3 Å². The molecule has 0 amide bonds. The number of aryl methyl sites for hydroxylation is 1. The Balaban J connectivity index is 1.90. The number of hydrogen-bond acceptors (Lipinski definition) is 4. The molecular weight excluding hydrogens is 286 g/mol. The molecule has 1 aromatic heterocycles. The van der Waals surface area contributed by atoms with Crippen molar-refractivity contribution in [1.29, 1.82) is 0 Å². The quantitative estimate of drug-likeness (QED) is 0.849. The number of benzene rings is 1. The number of hydrogen-bond donors (Lipinski definition) is 1. The minimum Gasteiger partial charge on any atom is -0.307 e. The van der Waals surface area contributed by atoms with Crippen molar-refractivity contribution in [2.24, 2.45) is 0 Å². The third-order valence-electron chi connectivity index (χ3n) is 3.23. The summed E-state index contributed by atoms with van der Waals surface area (Å²) in [5, 5.41) is 7.63. The van der Waals surface area contributed by atoms with E-state index in [0.29, 0.717) is 11.4 Å². The van der Waals surface area contributed by atoms with Gasteiger partial charge in [-0.1, -0.05) is 19.1 Å². The molecule has 2 aromatic rings. The normalized spacial score (nSPS) is 11.7. The summed E-state index contributed by atoms with van der Waals surface area (Å²) in [4.78, 5) is 0.354. The van der Waals surface area contributed by atoms with E-state index in [1.54, 1.807) is 12.1 Å². The number of aromatic nitrogens is 2.